The summed E-state index contributed by atoms with van der Waals surface area (Å²) in [6.45, 7) is 4.32. The Morgan fingerprint density at radius 2 is 2.06 bits per heavy atom. The number of aromatic amines is 1. The zero-order valence-corrected chi connectivity index (χ0v) is 18.6. The maximum absolute atomic E-state index is 13.4. The lowest BCUT2D eigenvalue weighted by Crippen LogP contribution is -2.53. The summed E-state index contributed by atoms with van der Waals surface area (Å²) in [6.07, 6.45) is 2.97. The normalized spacial score (nSPS) is 17.3. The highest BCUT2D eigenvalue weighted by molar-refractivity contribution is 5.84. The molecule has 3 atom stereocenters. The Morgan fingerprint density at radius 1 is 1.29 bits per heavy atom. The number of carbonyl (C=O) groups excluding carboxylic acids is 2. The minimum absolute atomic E-state index is 0.0769. The van der Waals surface area contributed by atoms with E-state index in [0.29, 0.717) is 24.5 Å². The molecule has 1 aliphatic heterocycles. The number of H-pyrrole nitrogens is 1. The molecule has 31 heavy (non-hydrogen) atoms. The molecule has 1 aromatic carbocycles. The van der Waals surface area contributed by atoms with Crippen molar-refractivity contribution in [2.45, 2.75) is 38.8 Å². The minimum Gasteiger partial charge on any atom is -0.493 e. The highest BCUT2D eigenvalue weighted by atomic mass is 16.5. The van der Waals surface area contributed by atoms with E-state index in [1.165, 1.54) is 7.11 Å². The molecule has 1 aliphatic rings. The lowest BCUT2D eigenvalue weighted by Gasteiger charge is -2.37. The van der Waals surface area contributed by atoms with Crippen LogP contribution in [-0.4, -0.2) is 60.8 Å². The number of hydrogen-bond acceptors (Lipinski definition) is 6. The van der Waals surface area contributed by atoms with Crippen LogP contribution in [0.15, 0.2) is 24.5 Å². The number of ether oxygens (including phenoxy) is 3. The number of hydrogen-bond donors (Lipinski definition) is 2. The van der Waals surface area contributed by atoms with Gasteiger partial charge in [0, 0.05) is 24.2 Å². The zero-order valence-electron chi connectivity index (χ0n) is 18.6. The first-order valence-electron chi connectivity index (χ1n) is 10.3. The van der Waals surface area contributed by atoms with E-state index >= 15 is 0 Å². The minimum atomic E-state index is -0.740. The SMILES string of the molecule is CC[C@H](C)[C@H](NC(=O)N1CCc2[nH]cnc2[C@H]1c1cccc(OC)c1OC)C(=O)OC. The van der Waals surface area contributed by atoms with Gasteiger partial charge in [0.05, 0.1) is 33.4 Å². The first kappa shape index (κ1) is 22.5. The average molecular weight is 431 g/mol. The van der Waals surface area contributed by atoms with Gasteiger partial charge in [-0.15, -0.1) is 0 Å². The molecule has 168 valence electrons. The molecule has 2 aromatic rings. The summed E-state index contributed by atoms with van der Waals surface area (Å²) >= 11 is 0. The van der Waals surface area contributed by atoms with E-state index in [1.54, 1.807) is 31.5 Å². The summed E-state index contributed by atoms with van der Waals surface area (Å²) in [4.78, 5) is 35.1. The van der Waals surface area contributed by atoms with E-state index in [4.69, 9.17) is 14.2 Å². The second-order valence-electron chi connectivity index (χ2n) is 7.53. The number of rotatable bonds is 7. The molecule has 9 heteroatoms. The molecule has 3 rings (SSSR count). The molecule has 0 spiro atoms. The van der Waals surface area contributed by atoms with Crippen molar-refractivity contribution >= 4 is 12.0 Å². The van der Waals surface area contributed by atoms with Gasteiger partial charge in [0.1, 0.15) is 12.1 Å². The van der Waals surface area contributed by atoms with E-state index in [-0.39, 0.29) is 11.9 Å². The Bertz CT molecular complexity index is 928. The molecular formula is C22H30N4O5. The predicted molar refractivity (Wildman–Crippen MR) is 114 cm³/mol. The molecule has 0 aliphatic carbocycles. The van der Waals surface area contributed by atoms with Gasteiger partial charge in [0.25, 0.3) is 0 Å². The van der Waals surface area contributed by atoms with Crippen LogP contribution in [-0.2, 0) is 16.0 Å². The third-order valence-corrected chi connectivity index (χ3v) is 5.86. The van der Waals surface area contributed by atoms with Gasteiger partial charge >= 0.3 is 12.0 Å². The third kappa shape index (κ3) is 4.30. The summed E-state index contributed by atoms with van der Waals surface area (Å²) in [5.74, 6) is 0.563. The van der Waals surface area contributed by atoms with Gasteiger partial charge in [0.15, 0.2) is 11.5 Å². The smallest absolute Gasteiger partial charge is 0.328 e. The highest BCUT2D eigenvalue weighted by Crippen LogP contribution is 2.42. The Labute approximate surface area is 182 Å². The number of aromatic nitrogens is 2. The predicted octanol–water partition coefficient (Wildman–Crippen LogP) is 2.67. The molecule has 9 nitrogen and oxygen atoms in total. The number of amides is 2. The molecule has 2 heterocycles. The number of urea groups is 1. The van der Waals surface area contributed by atoms with Crippen LogP contribution in [0.1, 0.15) is 43.3 Å². The van der Waals surface area contributed by atoms with Crippen LogP contribution in [0.5, 0.6) is 11.5 Å². The summed E-state index contributed by atoms with van der Waals surface area (Å²) in [5.41, 5.74) is 2.46. The maximum atomic E-state index is 13.4. The summed E-state index contributed by atoms with van der Waals surface area (Å²) in [6, 6.07) is 3.94. The monoisotopic (exact) mass is 430 g/mol. The Balaban J connectivity index is 2.02. The van der Waals surface area contributed by atoms with Gasteiger partial charge in [-0.1, -0.05) is 32.4 Å². The first-order chi connectivity index (χ1) is 15.0. The fraction of sp³-hybridized carbons (Fsp3) is 0.500. The molecule has 0 saturated carbocycles. The number of fused-ring (bicyclic) bond motifs is 1. The van der Waals surface area contributed by atoms with Crippen LogP contribution in [0.3, 0.4) is 0 Å². The molecule has 2 amide bonds. The van der Waals surface area contributed by atoms with E-state index < -0.39 is 18.1 Å². The van der Waals surface area contributed by atoms with Crippen molar-refractivity contribution in [3.8, 4) is 11.5 Å². The number of methoxy groups -OCH3 is 3. The largest absolute Gasteiger partial charge is 0.493 e. The number of esters is 1. The lowest BCUT2D eigenvalue weighted by molar-refractivity contribution is -0.144. The van der Waals surface area contributed by atoms with Crippen molar-refractivity contribution in [3.63, 3.8) is 0 Å². The van der Waals surface area contributed by atoms with Gasteiger partial charge in [-0.25, -0.2) is 14.6 Å². The summed E-state index contributed by atoms with van der Waals surface area (Å²) in [5, 5.41) is 2.88. The molecule has 0 radical (unpaired) electrons. The van der Waals surface area contributed by atoms with Crippen molar-refractivity contribution < 1.29 is 23.8 Å². The van der Waals surface area contributed by atoms with Gasteiger partial charge in [-0.2, -0.15) is 0 Å². The molecule has 0 fully saturated rings. The Hall–Kier alpha value is -3.23. The number of para-hydroxylation sites is 1. The van der Waals surface area contributed by atoms with Gasteiger partial charge in [-0.3, -0.25) is 0 Å². The topological polar surface area (TPSA) is 106 Å². The Morgan fingerprint density at radius 3 is 2.71 bits per heavy atom. The van der Waals surface area contributed by atoms with Gasteiger partial charge < -0.3 is 29.4 Å². The van der Waals surface area contributed by atoms with Gasteiger partial charge in [-0.05, 0) is 12.0 Å². The second-order valence-corrected chi connectivity index (χ2v) is 7.53. The number of nitrogens with one attached hydrogen (secondary N) is 2. The summed E-state index contributed by atoms with van der Waals surface area (Å²) in [7, 11) is 4.46. The number of carbonyl (C=O) groups is 2. The van der Waals surface area contributed by atoms with E-state index in [9.17, 15) is 9.59 Å². The van der Waals surface area contributed by atoms with Gasteiger partial charge in [0.2, 0.25) is 0 Å². The highest BCUT2D eigenvalue weighted by Gasteiger charge is 2.38. The molecule has 0 bridgehead atoms. The van der Waals surface area contributed by atoms with Crippen LogP contribution < -0.4 is 14.8 Å². The van der Waals surface area contributed by atoms with Crippen molar-refractivity contribution in [1.29, 1.82) is 0 Å². The molecule has 1 aromatic heterocycles. The summed E-state index contributed by atoms with van der Waals surface area (Å²) < 4.78 is 16.0. The molecular weight excluding hydrogens is 400 g/mol. The zero-order chi connectivity index (χ0) is 22.5. The quantitative estimate of drug-likeness (QED) is 0.654. The van der Waals surface area contributed by atoms with E-state index in [1.807, 2.05) is 26.0 Å². The first-order valence-corrected chi connectivity index (χ1v) is 10.3. The third-order valence-electron chi connectivity index (χ3n) is 5.86. The number of nitrogens with zero attached hydrogens (tertiary/aromatic N) is 2. The van der Waals surface area contributed by atoms with Crippen LogP contribution in [0.2, 0.25) is 0 Å². The van der Waals surface area contributed by atoms with Crippen LogP contribution >= 0.6 is 0 Å². The maximum Gasteiger partial charge on any atom is 0.328 e. The van der Waals surface area contributed by atoms with Crippen molar-refractivity contribution in [1.82, 2.24) is 20.2 Å². The number of imidazole rings is 1. The van der Waals surface area contributed by atoms with Crippen LogP contribution in [0, 0.1) is 5.92 Å². The van der Waals surface area contributed by atoms with E-state index in [2.05, 4.69) is 15.3 Å². The van der Waals surface area contributed by atoms with E-state index in [0.717, 1.165) is 23.4 Å². The second kappa shape index (κ2) is 9.72. The average Bonchev–Trinajstić information content (AvgIpc) is 3.29. The lowest BCUT2D eigenvalue weighted by atomic mass is 9.94. The van der Waals surface area contributed by atoms with Crippen molar-refractivity contribution in [2.75, 3.05) is 27.9 Å². The van der Waals surface area contributed by atoms with Crippen LogP contribution in [0.25, 0.3) is 0 Å². The number of benzene rings is 1. The van der Waals surface area contributed by atoms with Crippen LogP contribution in [0.4, 0.5) is 4.79 Å². The van der Waals surface area contributed by atoms with Crippen molar-refractivity contribution in [2.24, 2.45) is 5.92 Å². The Kier molecular flexibility index (Phi) is 7.04. The standard InChI is InChI=1S/C22H30N4O5/c1-6-13(2)17(21(27)31-5)25-22(28)26-11-10-15-18(24-12-23-15)19(26)14-8-7-9-16(29-3)20(14)30-4/h7-9,12-13,17,19H,6,10-11H2,1-5H3,(H,23,24)(H,25,28)/t13-,17-,19+/m0/s1. The molecule has 0 unspecified atom stereocenters. The van der Waals surface area contributed by atoms with Crippen molar-refractivity contribution in [3.05, 3.63) is 41.5 Å². The fourth-order valence-corrected chi connectivity index (χ4v) is 3.95. The molecule has 2 N–H and O–H groups in total. The fourth-order valence-electron chi connectivity index (χ4n) is 3.95. The molecule has 0 saturated heterocycles.